The van der Waals surface area contributed by atoms with Crippen LogP contribution in [0, 0.1) is 5.82 Å². The van der Waals surface area contributed by atoms with Gasteiger partial charge in [0.2, 0.25) is 0 Å². The van der Waals surface area contributed by atoms with E-state index in [1.54, 1.807) is 0 Å². The molecule has 0 radical (unpaired) electrons. The molecule has 0 fully saturated rings. The molecule has 1 aromatic rings. The Bertz CT molecular complexity index is 479. The predicted molar refractivity (Wildman–Crippen MR) is 61.9 cm³/mol. The van der Waals surface area contributed by atoms with E-state index in [1.807, 2.05) is 0 Å². The van der Waals surface area contributed by atoms with Crippen LogP contribution in [-0.4, -0.2) is 31.3 Å². The number of ketones is 1. The minimum Gasteiger partial charge on any atom is -0.367 e. The Morgan fingerprint density at radius 1 is 1.35 bits per heavy atom. The van der Waals surface area contributed by atoms with E-state index in [-0.39, 0.29) is 11.4 Å². The molecular weight excluding hydrogens is 307 g/mol. The van der Waals surface area contributed by atoms with Gasteiger partial charge in [-0.2, -0.15) is 8.78 Å². The summed E-state index contributed by atoms with van der Waals surface area (Å²) in [6, 6.07) is 3.56. The summed E-state index contributed by atoms with van der Waals surface area (Å²) >= 11 is 5.50. The molecular formula is C12H10ClF5O2. The molecule has 0 aliphatic rings. The summed E-state index contributed by atoms with van der Waals surface area (Å²) < 4.78 is 65.7. The van der Waals surface area contributed by atoms with E-state index in [4.69, 9.17) is 11.6 Å². The van der Waals surface area contributed by atoms with Gasteiger partial charge in [-0.25, -0.2) is 13.2 Å². The second-order valence-electron chi connectivity index (χ2n) is 4.02. The molecule has 0 atom stereocenters. The molecule has 0 heterocycles. The van der Waals surface area contributed by atoms with Crippen LogP contribution in [0.2, 0.25) is 5.02 Å². The van der Waals surface area contributed by atoms with Crippen LogP contribution in [0.1, 0.15) is 5.56 Å². The van der Waals surface area contributed by atoms with E-state index in [0.29, 0.717) is 5.56 Å². The molecule has 8 heteroatoms. The van der Waals surface area contributed by atoms with Gasteiger partial charge in [-0.1, -0.05) is 17.7 Å². The Balaban J connectivity index is 2.43. The highest BCUT2D eigenvalue weighted by atomic mass is 35.5. The van der Waals surface area contributed by atoms with Crippen LogP contribution in [-0.2, 0) is 16.0 Å². The van der Waals surface area contributed by atoms with E-state index < -0.39 is 37.2 Å². The van der Waals surface area contributed by atoms with Crippen molar-refractivity contribution in [3.05, 3.63) is 34.6 Å². The van der Waals surface area contributed by atoms with Crippen LogP contribution in [0.15, 0.2) is 18.2 Å². The lowest BCUT2D eigenvalue weighted by molar-refractivity contribution is -0.168. The van der Waals surface area contributed by atoms with Crippen LogP contribution in [0.3, 0.4) is 0 Å². The number of hydrogen-bond acceptors (Lipinski definition) is 2. The monoisotopic (exact) mass is 316 g/mol. The summed E-state index contributed by atoms with van der Waals surface area (Å²) in [5, 5.41) is -0.180. The van der Waals surface area contributed by atoms with Crippen molar-refractivity contribution in [3.8, 4) is 0 Å². The number of alkyl halides is 4. The largest absolute Gasteiger partial charge is 0.367 e. The Hall–Kier alpha value is -1.21. The number of carbonyl (C=O) groups is 1. The molecule has 0 saturated heterocycles. The predicted octanol–water partition coefficient (Wildman–Crippen LogP) is 3.51. The summed E-state index contributed by atoms with van der Waals surface area (Å²) in [6.07, 6.45) is -4.08. The molecule has 0 spiro atoms. The van der Waals surface area contributed by atoms with Gasteiger partial charge in [0.1, 0.15) is 19.0 Å². The molecule has 2 nitrogen and oxygen atoms in total. The Morgan fingerprint density at radius 3 is 2.55 bits per heavy atom. The normalized spacial score (nSPS) is 11.9. The van der Waals surface area contributed by atoms with Gasteiger partial charge < -0.3 is 4.74 Å². The number of rotatable bonds is 7. The van der Waals surface area contributed by atoms with Crippen molar-refractivity contribution in [1.82, 2.24) is 0 Å². The van der Waals surface area contributed by atoms with E-state index in [0.717, 1.165) is 6.07 Å². The molecule has 0 bridgehead atoms. The zero-order chi connectivity index (χ0) is 15.3. The van der Waals surface area contributed by atoms with Crippen LogP contribution >= 0.6 is 11.6 Å². The molecule has 0 aliphatic carbocycles. The summed E-state index contributed by atoms with van der Waals surface area (Å²) in [4.78, 5) is 11.4. The van der Waals surface area contributed by atoms with E-state index in [9.17, 15) is 26.7 Å². The van der Waals surface area contributed by atoms with Crippen molar-refractivity contribution in [3.63, 3.8) is 0 Å². The molecule has 0 aliphatic heterocycles. The van der Waals surface area contributed by atoms with Crippen molar-refractivity contribution in [1.29, 1.82) is 0 Å². The summed E-state index contributed by atoms with van der Waals surface area (Å²) in [7, 11) is 0. The summed E-state index contributed by atoms with van der Waals surface area (Å²) in [5.41, 5.74) is 0.366. The van der Waals surface area contributed by atoms with Crippen molar-refractivity contribution in [2.45, 2.75) is 18.8 Å². The zero-order valence-electron chi connectivity index (χ0n) is 10.0. The third-order valence-corrected chi connectivity index (χ3v) is 2.55. The van der Waals surface area contributed by atoms with Gasteiger partial charge in [-0.05, 0) is 17.7 Å². The fourth-order valence-electron chi connectivity index (χ4n) is 1.29. The minimum atomic E-state index is -4.29. The Morgan fingerprint density at radius 2 is 2.00 bits per heavy atom. The molecule has 0 amide bonds. The van der Waals surface area contributed by atoms with Gasteiger partial charge in [-0.15, -0.1) is 0 Å². The topological polar surface area (TPSA) is 26.3 Å². The van der Waals surface area contributed by atoms with Crippen molar-refractivity contribution < 1.29 is 31.5 Å². The standard InChI is InChI=1S/C12H10ClF5O2/c13-9-4-7(1-2-10(9)14)3-8(19)5-20-6-12(17,18)11(15)16/h1-2,4,11H,3,5-6H2. The fraction of sp³-hybridized carbons (Fsp3) is 0.417. The molecule has 0 unspecified atom stereocenters. The second kappa shape index (κ2) is 6.99. The minimum absolute atomic E-state index is 0.180. The average molecular weight is 317 g/mol. The lowest BCUT2D eigenvalue weighted by atomic mass is 10.1. The first-order chi connectivity index (χ1) is 9.22. The number of carbonyl (C=O) groups excluding carboxylic acids is 1. The number of halogens is 6. The van der Waals surface area contributed by atoms with Gasteiger partial charge in [0.05, 0.1) is 5.02 Å². The maximum absolute atomic E-state index is 12.8. The van der Waals surface area contributed by atoms with E-state index in [2.05, 4.69) is 4.74 Å². The maximum atomic E-state index is 12.8. The average Bonchev–Trinajstić information content (AvgIpc) is 2.33. The van der Waals surface area contributed by atoms with Crippen molar-refractivity contribution in [2.75, 3.05) is 13.2 Å². The third-order valence-electron chi connectivity index (χ3n) is 2.26. The molecule has 0 N–H and O–H groups in total. The van der Waals surface area contributed by atoms with Gasteiger partial charge in [0, 0.05) is 6.42 Å². The molecule has 0 saturated carbocycles. The van der Waals surface area contributed by atoms with Crippen molar-refractivity contribution in [2.24, 2.45) is 0 Å². The zero-order valence-corrected chi connectivity index (χ0v) is 10.8. The smallest absolute Gasteiger partial charge is 0.330 e. The number of Topliss-reactive ketones (excluding diaryl/α,β-unsaturated/α-hetero) is 1. The van der Waals surface area contributed by atoms with Crippen molar-refractivity contribution >= 4 is 17.4 Å². The molecule has 0 aromatic heterocycles. The van der Waals surface area contributed by atoms with Crippen LogP contribution < -0.4 is 0 Å². The molecule has 112 valence electrons. The van der Waals surface area contributed by atoms with Crippen LogP contribution in [0.25, 0.3) is 0 Å². The van der Waals surface area contributed by atoms with Crippen LogP contribution in [0.5, 0.6) is 0 Å². The SMILES string of the molecule is O=C(COCC(F)(F)C(F)F)Cc1ccc(F)c(Cl)c1. The van der Waals surface area contributed by atoms with E-state index in [1.165, 1.54) is 12.1 Å². The number of benzene rings is 1. The second-order valence-corrected chi connectivity index (χ2v) is 4.43. The van der Waals surface area contributed by atoms with Crippen LogP contribution in [0.4, 0.5) is 22.0 Å². The number of ether oxygens (including phenoxy) is 1. The highest BCUT2D eigenvalue weighted by Crippen LogP contribution is 2.22. The lowest BCUT2D eigenvalue weighted by Gasteiger charge is -2.14. The lowest BCUT2D eigenvalue weighted by Crippen LogP contribution is -2.33. The molecule has 20 heavy (non-hydrogen) atoms. The highest BCUT2D eigenvalue weighted by Gasteiger charge is 2.41. The third kappa shape index (κ3) is 5.05. The first-order valence-corrected chi connectivity index (χ1v) is 5.79. The first-order valence-electron chi connectivity index (χ1n) is 5.41. The molecule has 1 rings (SSSR count). The maximum Gasteiger partial charge on any atom is 0.330 e. The number of hydrogen-bond donors (Lipinski definition) is 0. The highest BCUT2D eigenvalue weighted by molar-refractivity contribution is 6.30. The fourth-order valence-corrected chi connectivity index (χ4v) is 1.50. The summed E-state index contributed by atoms with van der Waals surface area (Å²) in [5.74, 6) is -5.56. The summed E-state index contributed by atoms with van der Waals surface area (Å²) in [6.45, 7) is -2.28. The van der Waals surface area contributed by atoms with Gasteiger partial charge in [-0.3, -0.25) is 4.79 Å². The molecule has 1 aromatic carbocycles. The van der Waals surface area contributed by atoms with Gasteiger partial charge in [0.25, 0.3) is 0 Å². The van der Waals surface area contributed by atoms with E-state index >= 15 is 0 Å². The van der Waals surface area contributed by atoms with Gasteiger partial charge in [0.15, 0.2) is 5.78 Å². The Kier molecular flexibility index (Phi) is 5.88. The first kappa shape index (κ1) is 16.8. The quantitative estimate of drug-likeness (QED) is 0.720. The Labute approximate surface area is 116 Å². The van der Waals surface area contributed by atoms with Gasteiger partial charge >= 0.3 is 12.3 Å².